The van der Waals surface area contributed by atoms with Crippen molar-refractivity contribution >= 4 is 26.9 Å². The van der Waals surface area contributed by atoms with Gasteiger partial charge in [-0.2, -0.15) is 0 Å². The first kappa shape index (κ1) is 17.5. The molecule has 0 spiro atoms. The lowest BCUT2D eigenvalue weighted by atomic mass is 9.64. The maximum absolute atomic E-state index is 12.6. The monoisotopic (exact) mass is 384 g/mol. The van der Waals surface area contributed by atoms with Crippen molar-refractivity contribution in [3.63, 3.8) is 0 Å². The topological polar surface area (TPSA) is 59.2 Å². The Hall–Kier alpha value is -0.840. The lowest BCUT2D eigenvalue weighted by Gasteiger charge is -2.47. The van der Waals surface area contributed by atoms with Gasteiger partial charge in [0.2, 0.25) is 5.54 Å². The summed E-state index contributed by atoms with van der Waals surface area (Å²) in [5.74, 6) is 0.618. The summed E-state index contributed by atoms with van der Waals surface area (Å²) in [6, 6.07) is 0. The molecule has 1 N–H and O–H groups in total. The minimum atomic E-state index is -1.25. The number of nitrogens with zero attached hydrogens (tertiary/aromatic N) is 3. The smallest absolute Gasteiger partial charge is 0.234 e. The van der Waals surface area contributed by atoms with Crippen LogP contribution in [0.25, 0.3) is 4.85 Å². The van der Waals surface area contributed by atoms with Crippen LogP contribution >= 0.6 is 15.9 Å². The molecule has 1 saturated carbocycles. The summed E-state index contributed by atoms with van der Waals surface area (Å²) < 4.78 is 16.2. The average molecular weight is 385 g/mol. The number of halogens is 1. The van der Waals surface area contributed by atoms with Crippen molar-refractivity contribution in [2.24, 2.45) is 0 Å². The lowest BCUT2D eigenvalue weighted by molar-refractivity contribution is 0.129. The largest absolute Gasteiger partial charge is 0.311 e. The van der Waals surface area contributed by atoms with Crippen molar-refractivity contribution in [1.29, 1.82) is 0 Å². The van der Waals surface area contributed by atoms with Crippen LogP contribution in [-0.4, -0.2) is 24.5 Å². The molecular formula is C15H21BrN4OS. The summed E-state index contributed by atoms with van der Waals surface area (Å²) in [4.78, 5) is 12.7. The normalized spacial score (nSPS) is 29.5. The molecule has 1 aliphatic carbocycles. The van der Waals surface area contributed by atoms with E-state index in [1.54, 1.807) is 6.20 Å². The zero-order valence-corrected chi connectivity index (χ0v) is 15.9. The van der Waals surface area contributed by atoms with Gasteiger partial charge in [0.25, 0.3) is 0 Å². The van der Waals surface area contributed by atoms with E-state index in [9.17, 15) is 4.21 Å². The van der Waals surface area contributed by atoms with Gasteiger partial charge in [0.15, 0.2) is 0 Å². The van der Waals surface area contributed by atoms with Gasteiger partial charge in [0, 0.05) is 13.1 Å². The van der Waals surface area contributed by atoms with E-state index < -0.39 is 22.1 Å². The van der Waals surface area contributed by atoms with Crippen molar-refractivity contribution < 1.29 is 4.21 Å². The van der Waals surface area contributed by atoms with Crippen LogP contribution in [0.3, 0.4) is 0 Å². The number of rotatable bonds is 3. The molecule has 0 amide bonds. The molecule has 0 saturated heterocycles. The van der Waals surface area contributed by atoms with Crippen molar-refractivity contribution in [2.75, 3.05) is 0 Å². The summed E-state index contributed by atoms with van der Waals surface area (Å²) in [7, 11) is -1.25. The van der Waals surface area contributed by atoms with E-state index in [1.165, 1.54) is 0 Å². The Morgan fingerprint density at radius 1 is 1.45 bits per heavy atom. The summed E-state index contributed by atoms with van der Waals surface area (Å²) in [5, 5.41) is 0. The van der Waals surface area contributed by atoms with Gasteiger partial charge in [-0.05, 0) is 43.6 Å². The van der Waals surface area contributed by atoms with Crippen LogP contribution in [0.1, 0.15) is 52.1 Å². The SMILES string of the molecule is [C-]#[N+]C1(C)CC(N[S@@](=O)C(C)(C)C)(c2ncc(Br)c(C)n2)C1. The third-order valence-corrected chi connectivity index (χ3v) is 6.29. The Labute approximate surface area is 142 Å². The molecule has 0 unspecified atom stereocenters. The fraction of sp³-hybridized carbons (Fsp3) is 0.667. The summed E-state index contributed by atoms with van der Waals surface area (Å²) in [6.07, 6.45) is 2.84. The van der Waals surface area contributed by atoms with E-state index in [0.29, 0.717) is 18.7 Å². The van der Waals surface area contributed by atoms with Crippen molar-refractivity contribution in [3.05, 3.63) is 33.6 Å². The fourth-order valence-electron chi connectivity index (χ4n) is 2.62. The Kier molecular flexibility index (Phi) is 4.51. The van der Waals surface area contributed by atoms with Crippen LogP contribution in [-0.2, 0) is 16.5 Å². The first-order valence-electron chi connectivity index (χ1n) is 7.09. The van der Waals surface area contributed by atoms with Gasteiger partial charge in [-0.3, -0.25) is 0 Å². The predicted molar refractivity (Wildman–Crippen MR) is 91.4 cm³/mol. The molecule has 1 heterocycles. The molecule has 1 fully saturated rings. The molecule has 0 aliphatic heterocycles. The number of hydrogen-bond donors (Lipinski definition) is 1. The van der Waals surface area contributed by atoms with Gasteiger partial charge in [-0.25, -0.2) is 25.5 Å². The summed E-state index contributed by atoms with van der Waals surface area (Å²) in [5.41, 5.74) is -0.202. The molecule has 120 valence electrons. The molecule has 2 rings (SSSR count). The second-order valence-electron chi connectivity index (χ2n) is 7.15. The molecule has 1 atom stereocenters. The second kappa shape index (κ2) is 5.66. The van der Waals surface area contributed by atoms with Crippen LogP contribution in [0.5, 0.6) is 0 Å². The Balaban J connectivity index is 2.38. The maximum Gasteiger partial charge on any atom is 0.234 e. The fourth-order valence-corrected chi connectivity index (χ4v) is 3.70. The molecule has 1 aromatic heterocycles. The Morgan fingerprint density at radius 2 is 2.05 bits per heavy atom. The third kappa shape index (κ3) is 3.24. The highest BCUT2D eigenvalue weighted by Gasteiger charge is 2.61. The van der Waals surface area contributed by atoms with Crippen molar-refractivity contribution in [2.45, 2.75) is 63.3 Å². The molecule has 1 aromatic rings. The maximum atomic E-state index is 12.6. The Morgan fingerprint density at radius 3 is 2.50 bits per heavy atom. The van der Waals surface area contributed by atoms with Gasteiger partial charge >= 0.3 is 0 Å². The van der Waals surface area contributed by atoms with E-state index in [4.69, 9.17) is 6.57 Å². The minimum absolute atomic E-state index is 0.387. The third-order valence-electron chi connectivity index (χ3n) is 3.83. The van der Waals surface area contributed by atoms with Gasteiger partial charge in [-0.1, -0.05) is 0 Å². The van der Waals surface area contributed by atoms with Crippen molar-refractivity contribution in [1.82, 2.24) is 14.7 Å². The van der Waals surface area contributed by atoms with Crippen molar-refractivity contribution in [3.8, 4) is 0 Å². The van der Waals surface area contributed by atoms with Gasteiger partial charge in [0.05, 0.1) is 38.7 Å². The molecule has 1 aliphatic rings. The molecule has 5 nitrogen and oxygen atoms in total. The average Bonchev–Trinajstić information content (AvgIpc) is 2.38. The standard InChI is InChI=1S/C15H21BrN4OS/c1-10-11(16)7-18-12(19-10)15(8-14(5,9-15)17-6)20-22(21)13(2,3)4/h7,20H,8-9H2,1-5H3/t14?,15?,22-/m0/s1. The minimum Gasteiger partial charge on any atom is -0.311 e. The van der Waals surface area contributed by atoms with E-state index in [0.717, 1.165) is 10.2 Å². The van der Waals surface area contributed by atoms with Gasteiger partial charge in [0.1, 0.15) is 11.4 Å². The molecule has 0 aromatic carbocycles. The predicted octanol–water partition coefficient (Wildman–Crippen LogP) is 3.27. The van der Waals surface area contributed by atoms with E-state index in [1.807, 2.05) is 34.6 Å². The highest BCUT2D eigenvalue weighted by molar-refractivity contribution is 9.10. The highest BCUT2D eigenvalue weighted by Crippen LogP contribution is 2.50. The molecule has 22 heavy (non-hydrogen) atoms. The van der Waals surface area contributed by atoms with Crippen LogP contribution in [0.2, 0.25) is 0 Å². The van der Waals surface area contributed by atoms with Crippen LogP contribution in [0, 0.1) is 13.5 Å². The zero-order valence-electron chi connectivity index (χ0n) is 13.5. The Bertz CT molecular complexity index is 656. The second-order valence-corrected chi connectivity index (χ2v) is 9.98. The quantitative estimate of drug-likeness (QED) is 0.813. The first-order valence-corrected chi connectivity index (χ1v) is 9.04. The molecule has 0 bridgehead atoms. The summed E-state index contributed by atoms with van der Waals surface area (Å²) in [6.45, 7) is 16.9. The highest BCUT2D eigenvalue weighted by atomic mass is 79.9. The van der Waals surface area contributed by atoms with E-state index >= 15 is 0 Å². The molecular weight excluding hydrogens is 364 g/mol. The molecule has 7 heteroatoms. The lowest BCUT2D eigenvalue weighted by Crippen LogP contribution is -2.62. The summed E-state index contributed by atoms with van der Waals surface area (Å²) >= 11 is 3.40. The number of nitrogens with one attached hydrogen (secondary N) is 1. The number of aryl methyl sites for hydroxylation is 1. The molecule has 0 radical (unpaired) electrons. The van der Waals surface area contributed by atoms with Gasteiger partial charge < -0.3 is 4.85 Å². The zero-order chi connectivity index (χ0) is 16.8. The van der Waals surface area contributed by atoms with Crippen LogP contribution < -0.4 is 4.72 Å². The van der Waals surface area contributed by atoms with Crippen LogP contribution in [0.4, 0.5) is 0 Å². The number of hydrogen-bond acceptors (Lipinski definition) is 3. The van der Waals surface area contributed by atoms with Gasteiger partial charge in [-0.15, -0.1) is 0 Å². The van der Waals surface area contributed by atoms with E-state index in [-0.39, 0.29) is 4.75 Å². The van der Waals surface area contributed by atoms with E-state index in [2.05, 4.69) is 35.5 Å². The van der Waals surface area contributed by atoms with Crippen LogP contribution in [0.15, 0.2) is 10.7 Å². The number of aromatic nitrogens is 2. The first-order chi connectivity index (χ1) is 10.0.